The second-order valence-electron chi connectivity index (χ2n) is 5.31. The van der Waals surface area contributed by atoms with Gasteiger partial charge >= 0.3 is 0 Å². The molecule has 0 saturated carbocycles. The molecule has 0 bridgehead atoms. The number of rotatable bonds is 5. The SMILES string of the molecule is COc1ccc(-c2nnc(NC(=O)c3cccc(C)c3)s2)cc1OC. The smallest absolute Gasteiger partial charge is 0.257 e. The summed E-state index contributed by atoms with van der Waals surface area (Å²) in [4.78, 5) is 12.3. The summed E-state index contributed by atoms with van der Waals surface area (Å²) >= 11 is 1.30. The zero-order chi connectivity index (χ0) is 17.8. The average Bonchev–Trinajstić information content (AvgIpc) is 3.09. The molecule has 0 atom stereocenters. The van der Waals surface area contributed by atoms with Crippen LogP contribution >= 0.6 is 11.3 Å². The third kappa shape index (κ3) is 3.77. The number of hydrogen-bond donors (Lipinski definition) is 1. The van der Waals surface area contributed by atoms with E-state index in [4.69, 9.17) is 9.47 Å². The summed E-state index contributed by atoms with van der Waals surface area (Å²) in [6.45, 7) is 1.94. The van der Waals surface area contributed by atoms with E-state index in [1.165, 1.54) is 11.3 Å². The molecule has 0 aliphatic carbocycles. The van der Waals surface area contributed by atoms with Crippen LogP contribution in [0.5, 0.6) is 11.5 Å². The molecule has 2 aromatic carbocycles. The fourth-order valence-corrected chi connectivity index (χ4v) is 3.05. The largest absolute Gasteiger partial charge is 0.493 e. The summed E-state index contributed by atoms with van der Waals surface area (Å²) in [5.41, 5.74) is 2.45. The van der Waals surface area contributed by atoms with Crippen molar-refractivity contribution in [1.82, 2.24) is 10.2 Å². The van der Waals surface area contributed by atoms with E-state index in [1.807, 2.05) is 37.3 Å². The second-order valence-corrected chi connectivity index (χ2v) is 6.28. The van der Waals surface area contributed by atoms with Gasteiger partial charge in [0.1, 0.15) is 5.01 Å². The summed E-state index contributed by atoms with van der Waals surface area (Å²) in [5.74, 6) is 1.04. The molecular weight excluding hydrogens is 338 g/mol. The van der Waals surface area contributed by atoms with Crippen LogP contribution in [0.15, 0.2) is 42.5 Å². The molecule has 0 aliphatic heterocycles. The van der Waals surface area contributed by atoms with E-state index in [0.29, 0.717) is 27.2 Å². The number of carbonyl (C=O) groups is 1. The van der Waals surface area contributed by atoms with Crippen molar-refractivity contribution >= 4 is 22.4 Å². The minimum Gasteiger partial charge on any atom is -0.493 e. The second kappa shape index (κ2) is 7.31. The van der Waals surface area contributed by atoms with Gasteiger partial charge in [-0.15, -0.1) is 10.2 Å². The lowest BCUT2D eigenvalue weighted by atomic mass is 10.1. The molecule has 25 heavy (non-hydrogen) atoms. The predicted octanol–water partition coefficient (Wildman–Crippen LogP) is 3.78. The molecule has 128 valence electrons. The number of hydrogen-bond acceptors (Lipinski definition) is 6. The van der Waals surface area contributed by atoms with Gasteiger partial charge in [-0.25, -0.2) is 0 Å². The van der Waals surface area contributed by atoms with Crippen molar-refractivity contribution in [3.63, 3.8) is 0 Å². The Morgan fingerprint density at radius 3 is 2.56 bits per heavy atom. The highest BCUT2D eigenvalue weighted by atomic mass is 32.1. The Morgan fingerprint density at radius 2 is 1.84 bits per heavy atom. The van der Waals surface area contributed by atoms with Gasteiger partial charge in [0.05, 0.1) is 14.2 Å². The number of benzene rings is 2. The van der Waals surface area contributed by atoms with E-state index in [1.54, 1.807) is 26.4 Å². The number of aryl methyl sites for hydroxylation is 1. The van der Waals surface area contributed by atoms with E-state index in [-0.39, 0.29) is 5.91 Å². The maximum atomic E-state index is 12.3. The minimum absolute atomic E-state index is 0.210. The van der Waals surface area contributed by atoms with Gasteiger partial charge in [0, 0.05) is 11.1 Å². The third-order valence-corrected chi connectivity index (χ3v) is 4.44. The van der Waals surface area contributed by atoms with Gasteiger partial charge in [0.15, 0.2) is 11.5 Å². The maximum absolute atomic E-state index is 12.3. The van der Waals surface area contributed by atoms with E-state index < -0.39 is 0 Å². The summed E-state index contributed by atoms with van der Waals surface area (Å²) in [6, 6.07) is 12.9. The Morgan fingerprint density at radius 1 is 1.04 bits per heavy atom. The zero-order valence-electron chi connectivity index (χ0n) is 14.1. The van der Waals surface area contributed by atoms with Crippen molar-refractivity contribution in [2.24, 2.45) is 0 Å². The number of carbonyl (C=O) groups excluding carboxylic acids is 1. The summed E-state index contributed by atoms with van der Waals surface area (Å²) in [7, 11) is 3.16. The first-order valence-corrected chi connectivity index (χ1v) is 8.36. The topological polar surface area (TPSA) is 73.3 Å². The Balaban J connectivity index is 1.79. The highest BCUT2D eigenvalue weighted by molar-refractivity contribution is 7.18. The van der Waals surface area contributed by atoms with Crippen molar-refractivity contribution < 1.29 is 14.3 Å². The Kier molecular flexibility index (Phi) is 4.95. The zero-order valence-corrected chi connectivity index (χ0v) is 14.9. The lowest BCUT2D eigenvalue weighted by molar-refractivity contribution is 0.102. The molecule has 6 nitrogen and oxygen atoms in total. The van der Waals surface area contributed by atoms with Crippen molar-refractivity contribution in [3.8, 4) is 22.1 Å². The monoisotopic (exact) mass is 355 g/mol. The highest BCUT2D eigenvalue weighted by Crippen LogP contribution is 2.34. The van der Waals surface area contributed by atoms with E-state index in [9.17, 15) is 4.79 Å². The number of ether oxygens (including phenoxy) is 2. The van der Waals surface area contributed by atoms with Crippen LogP contribution in [0, 0.1) is 6.92 Å². The van der Waals surface area contributed by atoms with Crippen molar-refractivity contribution in [1.29, 1.82) is 0 Å². The summed E-state index contributed by atoms with van der Waals surface area (Å²) in [5, 5.41) is 12.1. The molecule has 0 radical (unpaired) electrons. The molecule has 1 amide bonds. The van der Waals surface area contributed by atoms with Gasteiger partial charge in [-0.05, 0) is 37.3 Å². The Labute approximate surface area is 149 Å². The third-order valence-electron chi connectivity index (χ3n) is 3.56. The fraction of sp³-hybridized carbons (Fsp3) is 0.167. The highest BCUT2D eigenvalue weighted by Gasteiger charge is 2.13. The number of amides is 1. The van der Waals surface area contributed by atoms with Crippen LogP contribution in [0.2, 0.25) is 0 Å². The molecule has 7 heteroatoms. The first kappa shape index (κ1) is 16.9. The van der Waals surface area contributed by atoms with Crippen LogP contribution in [0.1, 0.15) is 15.9 Å². The Hall–Kier alpha value is -2.93. The van der Waals surface area contributed by atoms with Gasteiger partial charge in [-0.2, -0.15) is 0 Å². The lowest BCUT2D eigenvalue weighted by Gasteiger charge is -2.07. The van der Waals surface area contributed by atoms with Gasteiger partial charge in [-0.1, -0.05) is 29.0 Å². The molecule has 1 heterocycles. The molecule has 3 rings (SSSR count). The molecule has 0 saturated heterocycles. The van der Waals surface area contributed by atoms with Crippen LogP contribution in [0.3, 0.4) is 0 Å². The number of nitrogens with one attached hydrogen (secondary N) is 1. The van der Waals surface area contributed by atoms with Gasteiger partial charge < -0.3 is 9.47 Å². The predicted molar refractivity (Wildman–Crippen MR) is 97.6 cm³/mol. The molecular formula is C18H17N3O3S. The van der Waals surface area contributed by atoms with E-state index in [0.717, 1.165) is 11.1 Å². The first-order chi connectivity index (χ1) is 12.1. The van der Waals surface area contributed by atoms with E-state index in [2.05, 4.69) is 15.5 Å². The number of methoxy groups -OCH3 is 2. The maximum Gasteiger partial charge on any atom is 0.257 e. The van der Waals surface area contributed by atoms with Crippen molar-refractivity contribution in [2.45, 2.75) is 6.92 Å². The summed E-state index contributed by atoms with van der Waals surface area (Å²) < 4.78 is 10.5. The minimum atomic E-state index is -0.210. The van der Waals surface area contributed by atoms with Gasteiger partial charge in [0.25, 0.3) is 5.91 Å². The Bertz CT molecular complexity index is 908. The molecule has 3 aromatic rings. The van der Waals surface area contributed by atoms with Crippen LogP contribution in [0.4, 0.5) is 5.13 Å². The van der Waals surface area contributed by atoms with Crippen LogP contribution in [-0.2, 0) is 0 Å². The molecule has 0 fully saturated rings. The van der Waals surface area contributed by atoms with Crippen LogP contribution in [0.25, 0.3) is 10.6 Å². The van der Waals surface area contributed by atoms with Crippen LogP contribution < -0.4 is 14.8 Å². The first-order valence-electron chi connectivity index (χ1n) is 7.54. The lowest BCUT2D eigenvalue weighted by Crippen LogP contribution is -2.11. The number of aromatic nitrogens is 2. The average molecular weight is 355 g/mol. The molecule has 1 aromatic heterocycles. The normalized spacial score (nSPS) is 10.4. The number of nitrogens with zero attached hydrogens (tertiary/aromatic N) is 2. The fourth-order valence-electron chi connectivity index (χ4n) is 2.32. The molecule has 1 N–H and O–H groups in total. The standard InChI is InChI=1S/C18H17N3O3S/c1-11-5-4-6-12(9-11)16(22)19-18-21-20-17(25-18)13-7-8-14(23-2)15(10-13)24-3/h4-10H,1-3H3,(H,19,21,22). The number of anilines is 1. The molecule has 0 spiro atoms. The molecule has 0 unspecified atom stereocenters. The molecule has 0 aliphatic rings. The van der Waals surface area contributed by atoms with Crippen LogP contribution in [-0.4, -0.2) is 30.3 Å². The quantitative estimate of drug-likeness (QED) is 0.754. The summed E-state index contributed by atoms with van der Waals surface area (Å²) in [6.07, 6.45) is 0. The van der Waals surface area contributed by atoms with Crippen molar-refractivity contribution in [3.05, 3.63) is 53.6 Å². The van der Waals surface area contributed by atoms with Gasteiger partial charge in [-0.3, -0.25) is 10.1 Å². The van der Waals surface area contributed by atoms with Crippen molar-refractivity contribution in [2.75, 3.05) is 19.5 Å². The van der Waals surface area contributed by atoms with E-state index >= 15 is 0 Å². The van der Waals surface area contributed by atoms with Gasteiger partial charge in [0.2, 0.25) is 5.13 Å².